The highest BCUT2D eigenvalue weighted by atomic mass is 16.5. The smallest absolute Gasteiger partial charge is 0.119 e. The number of hydrogen-bond donors (Lipinski definition) is 1. The van der Waals surface area contributed by atoms with Gasteiger partial charge in [-0.1, -0.05) is 32.4 Å². The van der Waals surface area contributed by atoms with Crippen LogP contribution in [0.5, 0.6) is 11.5 Å². The van der Waals surface area contributed by atoms with E-state index in [1.54, 1.807) is 7.11 Å². The molecule has 0 fully saturated rings. The molecule has 2 rings (SSSR count). The highest BCUT2D eigenvalue weighted by Gasteiger charge is 2.14. The molecule has 0 heterocycles. The Kier molecular flexibility index (Phi) is 9.36. The molecule has 0 bridgehead atoms. The Morgan fingerprint density at radius 2 is 1.43 bits per heavy atom. The van der Waals surface area contributed by atoms with E-state index in [-0.39, 0.29) is 6.10 Å². The maximum Gasteiger partial charge on any atom is 0.119 e. The van der Waals surface area contributed by atoms with Crippen molar-refractivity contribution in [1.29, 1.82) is 0 Å². The van der Waals surface area contributed by atoms with Crippen LogP contribution in [0.3, 0.4) is 0 Å². The van der Waals surface area contributed by atoms with Gasteiger partial charge in [0.1, 0.15) is 18.0 Å². The molecule has 28 heavy (non-hydrogen) atoms. The molecule has 3 heteroatoms. The Hall–Kier alpha value is -2.00. The lowest BCUT2D eigenvalue weighted by molar-refractivity contribution is -0.671. The van der Waals surface area contributed by atoms with E-state index in [1.165, 1.54) is 30.4 Å². The molecule has 0 aliphatic rings. The van der Waals surface area contributed by atoms with Crippen LogP contribution in [0, 0.1) is 5.92 Å². The Bertz CT molecular complexity index is 662. The number of methoxy groups -OCH3 is 1. The second-order valence-corrected chi connectivity index (χ2v) is 8.32. The average molecular weight is 385 g/mol. The molecule has 0 unspecified atom stereocenters. The van der Waals surface area contributed by atoms with Crippen LogP contribution in [-0.2, 0) is 6.54 Å². The second-order valence-electron chi connectivity index (χ2n) is 8.32. The fourth-order valence-corrected chi connectivity index (χ4v) is 3.45. The minimum atomic E-state index is 0.218. The van der Waals surface area contributed by atoms with E-state index in [9.17, 15) is 0 Å². The third-order valence-corrected chi connectivity index (χ3v) is 5.07. The van der Waals surface area contributed by atoms with E-state index in [1.807, 2.05) is 12.1 Å². The molecule has 0 radical (unpaired) electrons. The zero-order valence-electron chi connectivity index (χ0n) is 18.3. The van der Waals surface area contributed by atoms with Gasteiger partial charge in [-0.2, -0.15) is 0 Å². The summed E-state index contributed by atoms with van der Waals surface area (Å²) in [4.78, 5) is 0. The predicted molar refractivity (Wildman–Crippen MR) is 117 cm³/mol. The monoisotopic (exact) mass is 384 g/mol. The summed E-state index contributed by atoms with van der Waals surface area (Å²) >= 11 is 0. The number of rotatable bonds is 12. The van der Waals surface area contributed by atoms with Crippen LogP contribution in [0.25, 0.3) is 0 Å². The van der Waals surface area contributed by atoms with Crippen molar-refractivity contribution in [3.63, 3.8) is 0 Å². The number of ether oxygens (including phenoxy) is 2. The standard InChI is InChI=1S/C25H37NO2/c1-19(2)6-9-23(22-10-14-25(15-11-22)28-20(3)4)16-17-26-18-21-7-12-24(27-5)13-8-21/h7-8,10-15,19-20,23,26H,6,9,16-18H2,1-5H3/p+1/t23-/m0/s1. The van der Waals surface area contributed by atoms with Gasteiger partial charge in [0, 0.05) is 12.0 Å². The fraction of sp³-hybridized carbons (Fsp3) is 0.520. The molecule has 2 aromatic carbocycles. The Balaban J connectivity index is 1.88. The zero-order valence-corrected chi connectivity index (χ0v) is 18.3. The molecule has 2 N–H and O–H groups in total. The minimum Gasteiger partial charge on any atom is -0.497 e. The van der Waals surface area contributed by atoms with Gasteiger partial charge in [-0.3, -0.25) is 0 Å². The van der Waals surface area contributed by atoms with Crippen molar-refractivity contribution in [2.75, 3.05) is 13.7 Å². The third kappa shape index (κ3) is 7.93. The molecular formula is C25H38NO2+. The van der Waals surface area contributed by atoms with E-state index in [2.05, 4.69) is 69.4 Å². The van der Waals surface area contributed by atoms with E-state index in [0.717, 1.165) is 30.5 Å². The molecule has 0 saturated heterocycles. The van der Waals surface area contributed by atoms with Gasteiger partial charge in [0.15, 0.2) is 0 Å². The first-order chi connectivity index (χ1) is 13.5. The van der Waals surface area contributed by atoms with Gasteiger partial charge < -0.3 is 14.8 Å². The van der Waals surface area contributed by atoms with E-state index in [4.69, 9.17) is 9.47 Å². The quantitative estimate of drug-likeness (QED) is 0.513. The summed E-state index contributed by atoms with van der Waals surface area (Å²) in [7, 11) is 1.71. The van der Waals surface area contributed by atoms with Crippen LogP contribution in [0.4, 0.5) is 0 Å². The lowest BCUT2D eigenvalue weighted by Crippen LogP contribution is -2.82. The molecule has 0 saturated carbocycles. The van der Waals surface area contributed by atoms with Crippen molar-refractivity contribution in [2.24, 2.45) is 5.92 Å². The molecular weight excluding hydrogens is 346 g/mol. The summed E-state index contributed by atoms with van der Waals surface area (Å²) in [5.41, 5.74) is 2.78. The van der Waals surface area contributed by atoms with Gasteiger partial charge in [0.2, 0.25) is 0 Å². The Morgan fingerprint density at radius 3 is 2.00 bits per heavy atom. The van der Waals surface area contributed by atoms with Crippen LogP contribution < -0.4 is 14.8 Å². The SMILES string of the molecule is COc1ccc(C[NH2+]CC[C@H](CCC(C)C)c2ccc(OC(C)C)cc2)cc1. The Morgan fingerprint density at radius 1 is 0.786 bits per heavy atom. The normalized spacial score (nSPS) is 12.4. The van der Waals surface area contributed by atoms with Gasteiger partial charge in [-0.25, -0.2) is 0 Å². The summed E-state index contributed by atoms with van der Waals surface area (Å²) in [6, 6.07) is 17.1. The first-order valence-corrected chi connectivity index (χ1v) is 10.7. The van der Waals surface area contributed by atoms with Gasteiger partial charge >= 0.3 is 0 Å². The van der Waals surface area contributed by atoms with E-state index >= 15 is 0 Å². The maximum absolute atomic E-state index is 5.80. The molecule has 0 aromatic heterocycles. The largest absolute Gasteiger partial charge is 0.497 e. The van der Waals surface area contributed by atoms with Crippen LogP contribution >= 0.6 is 0 Å². The number of quaternary nitrogens is 1. The van der Waals surface area contributed by atoms with Gasteiger partial charge in [0.25, 0.3) is 0 Å². The predicted octanol–water partition coefficient (Wildman–Crippen LogP) is 5.16. The van der Waals surface area contributed by atoms with Crippen LogP contribution in [0.15, 0.2) is 48.5 Å². The maximum atomic E-state index is 5.80. The van der Waals surface area contributed by atoms with Crippen molar-refractivity contribution in [1.82, 2.24) is 0 Å². The van der Waals surface area contributed by atoms with Gasteiger partial charge in [-0.15, -0.1) is 0 Å². The summed E-state index contributed by atoms with van der Waals surface area (Å²) < 4.78 is 11.0. The molecule has 0 spiro atoms. The van der Waals surface area contributed by atoms with Crippen molar-refractivity contribution in [3.05, 3.63) is 59.7 Å². The lowest BCUT2D eigenvalue weighted by Gasteiger charge is -2.19. The average Bonchev–Trinajstić information content (AvgIpc) is 2.68. The lowest BCUT2D eigenvalue weighted by atomic mass is 9.88. The van der Waals surface area contributed by atoms with Crippen molar-refractivity contribution in [2.45, 2.75) is 65.5 Å². The topological polar surface area (TPSA) is 35.1 Å². The summed E-state index contributed by atoms with van der Waals surface area (Å²) in [5, 5.41) is 2.42. The van der Waals surface area contributed by atoms with Gasteiger partial charge in [-0.05, 0) is 74.1 Å². The fourth-order valence-electron chi connectivity index (χ4n) is 3.45. The first-order valence-electron chi connectivity index (χ1n) is 10.7. The Labute approximate surface area is 171 Å². The molecule has 0 aliphatic carbocycles. The molecule has 0 amide bonds. The highest BCUT2D eigenvalue weighted by molar-refractivity contribution is 5.29. The van der Waals surface area contributed by atoms with Crippen LogP contribution in [0.2, 0.25) is 0 Å². The molecule has 0 aliphatic heterocycles. The van der Waals surface area contributed by atoms with Gasteiger partial charge in [0.05, 0.1) is 19.8 Å². The van der Waals surface area contributed by atoms with Crippen molar-refractivity contribution >= 4 is 0 Å². The first kappa shape index (κ1) is 22.3. The molecule has 3 nitrogen and oxygen atoms in total. The van der Waals surface area contributed by atoms with Crippen LogP contribution in [0.1, 0.15) is 64.0 Å². The molecule has 2 aromatic rings. The highest BCUT2D eigenvalue weighted by Crippen LogP contribution is 2.28. The van der Waals surface area contributed by atoms with Crippen molar-refractivity contribution in [3.8, 4) is 11.5 Å². The summed E-state index contributed by atoms with van der Waals surface area (Å²) in [5.74, 6) is 3.24. The summed E-state index contributed by atoms with van der Waals surface area (Å²) in [6.45, 7) is 10.9. The zero-order chi connectivity index (χ0) is 20.4. The van der Waals surface area contributed by atoms with E-state index in [0.29, 0.717) is 5.92 Å². The third-order valence-electron chi connectivity index (χ3n) is 5.07. The second kappa shape index (κ2) is 11.8. The van der Waals surface area contributed by atoms with Crippen molar-refractivity contribution < 1.29 is 14.8 Å². The van der Waals surface area contributed by atoms with E-state index < -0.39 is 0 Å². The minimum absolute atomic E-state index is 0.218. The molecule has 154 valence electrons. The molecule has 1 atom stereocenters. The van der Waals surface area contributed by atoms with Crippen LogP contribution in [-0.4, -0.2) is 19.8 Å². The number of benzene rings is 2. The number of nitrogens with two attached hydrogens (primary N) is 1. The summed E-state index contributed by atoms with van der Waals surface area (Å²) in [6.07, 6.45) is 3.94. The number of hydrogen-bond acceptors (Lipinski definition) is 2.